The fourth-order valence-corrected chi connectivity index (χ4v) is 3.79. The summed E-state index contributed by atoms with van der Waals surface area (Å²) in [6.07, 6.45) is 1.03. The summed E-state index contributed by atoms with van der Waals surface area (Å²) in [5.74, 6) is -0.361. The maximum atomic E-state index is 12.0. The minimum atomic E-state index is -3.42. The minimum absolute atomic E-state index is 0.338. The van der Waals surface area contributed by atoms with E-state index in [0.717, 1.165) is 21.6 Å². The van der Waals surface area contributed by atoms with Crippen molar-refractivity contribution in [3.05, 3.63) is 60.2 Å². The molecule has 2 rings (SSSR count). The third kappa shape index (κ3) is 5.99. The fourth-order valence-electron chi connectivity index (χ4n) is 2.08. The first-order valence-electron chi connectivity index (χ1n) is 7.41. The maximum absolute atomic E-state index is 12.0. The fraction of sp³-hybridized carbons (Fsp3) is 0.235. The molecule has 24 heavy (non-hydrogen) atoms. The van der Waals surface area contributed by atoms with E-state index in [1.165, 1.54) is 6.92 Å². The minimum Gasteiger partial charge on any atom is -0.351 e. The van der Waals surface area contributed by atoms with E-state index in [9.17, 15) is 13.2 Å². The number of hydrogen-bond donors (Lipinski definition) is 2. The van der Waals surface area contributed by atoms with Crippen LogP contribution in [-0.4, -0.2) is 26.6 Å². The Hall–Kier alpha value is -1.83. The molecule has 1 unspecified atom stereocenters. The van der Waals surface area contributed by atoms with Crippen molar-refractivity contribution in [1.29, 1.82) is 0 Å². The second kappa shape index (κ2) is 8.32. The van der Waals surface area contributed by atoms with Gasteiger partial charge in [-0.25, -0.2) is 13.1 Å². The zero-order valence-electron chi connectivity index (χ0n) is 13.5. The molecule has 2 N–H and O–H groups in total. The SMILES string of the molecule is CC(NS(C)(=O)=O)C(=O)NCc1ccccc1Sc1ccccc1. The van der Waals surface area contributed by atoms with Crippen molar-refractivity contribution in [2.75, 3.05) is 6.26 Å². The summed E-state index contributed by atoms with van der Waals surface area (Å²) in [5.41, 5.74) is 0.978. The molecule has 7 heteroatoms. The molecule has 2 aromatic carbocycles. The van der Waals surface area contributed by atoms with Crippen molar-refractivity contribution < 1.29 is 13.2 Å². The molecule has 0 aliphatic carbocycles. The zero-order chi connectivity index (χ0) is 17.6. The normalized spacial score (nSPS) is 12.6. The third-order valence-electron chi connectivity index (χ3n) is 3.18. The lowest BCUT2D eigenvalue weighted by molar-refractivity contribution is -0.122. The van der Waals surface area contributed by atoms with Crippen molar-refractivity contribution in [3.63, 3.8) is 0 Å². The average Bonchev–Trinajstić information content (AvgIpc) is 2.53. The molecule has 128 valence electrons. The number of rotatable bonds is 7. The van der Waals surface area contributed by atoms with Crippen LogP contribution in [0.2, 0.25) is 0 Å². The lowest BCUT2D eigenvalue weighted by Crippen LogP contribution is -2.44. The second-order valence-corrected chi connectivity index (χ2v) is 8.25. The molecule has 1 amide bonds. The van der Waals surface area contributed by atoms with Gasteiger partial charge in [0.1, 0.15) is 0 Å². The van der Waals surface area contributed by atoms with Gasteiger partial charge in [0.25, 0.3) is 0 Å². The first-order valence-corrected chi connectivity index (χ1v) is 10.1. The standard InChI is InChI=1S/C17H20N2O3S2/c1-13(19-24(2,21)22)17(20)18-12-14-8-6-7-11-16(14)23-15-9-4-3-5-10-15/h3-11,13,19H,12H2,1-2H3,(H,18,20). The predicted octanol–water partition coefficient (Wildman–Crippen LogP) is 2.39. The van der Waals surface area contributed by atoms with Crippen molar-refractivity contribution in [2.24, 2.45) is 0 Å². The van der Waals surface area contributed by atoms with Crippen molar-refractivity contribution in [3.8, 4) is 0 Å². The van der Waals surface area contributed by atoms with Gasteiger partial charge in [-0.2, -0.15) is 0 Å². The highest BCUT2D eigenvalue weighted by Gasteiger charge is 2.16. The van der Waals surface area contributed by atoms with E-state index in [1.54, 1.807) is 11.8 Å². The Balaban J connectivity index is 2.01. The van der Waals surface area contributed by atoms with Crippen LogP contribution < -0.4 is 10.0 Å². The molecule has 0 bridgehead atoms. The van der Waals surface area contributed by atoms with E-state index >= 15 is 0 Å². The Morgan fingerprint density at radius 3 is 2.38 bits per heavy atom. The van der Waals surface area contributed by atoms with Gasteiger partial charge in [0, 0.05) is 16.3 Å². The molecule has 0 saturated heterocycles. The van der Waals surface area contributed by atoms with Crippen molar-refractivity contribution in [1.82, 2.24) is 10.0 Å². The Bertz CT molecular complexity index is 792. The number of carbonyl (C=O) groups excluding carboxylic acids is 1. The molecular formula is C17H20N2O3S2. The lowest BCUT2D eigenvalue weighted by Gasteiger charge is -2.14. The Kier molecular flexibility index (Phi) is 6.42. The van der Waals surface area contributed by atoms with Crippen LogP contribution in [0.3, 0.4) is 0 Å². The molecule has 0 heterocycles. The first kappa shape index (κ1) is 18.5. The molecule has 0 fully saturated rings. The zero-order valence-corrected chi connectivity index (χ0v) is 15.2. The molecule has 2 aromatic rings. The highest BCUT2D eigenvalue weighted by atomic mass is 32.2. The summed E-state index contributed by atoms with van der Waals surface area (Å²) >= 11 is 1.62. The number of amides is 1. The van der Waals surface area contributed by atoms with E-state index in [4.69, 9.17) is 0 Å². The van der Waals surface area contributed by atoms with Crippen molar-refractivity contribution in [2.45, 2.75) is 29.3 Å². The van der Waals surface area contributed by atoms with Crippen LogP contribution in [0.5, 0.6) is 0 Å². The number of sulfonamides is 1. The van der Waals surface area contributed by atoms with Crippen LogP contribution in [0, 0.1) is 0 Å². The van der Waals surface area contributed by atoms with Gasteiger partial charge < -0.3 is 5.32 Å². The summed E-state index contributed by atoms with van der Waals surface area (Å²) in [5, 5.41) is 2.77. The average molecular weight is 364 g/mol. The van der Waals surface area contributed by atoms with E-state index < -0.39 is 16.1 Å². The predicted molar refractivity (Wildman–Crippen MR) is 96.3 cm³/mol. The van der Waals surface area contributed by atoms with Gasteiger partial charge in [0.15, 0.2) is 0 Å². The summed E-state index contributed by atoms with van der Waals surface area (Å²) in [7, 11) is -3.42. The molecule has 0 aromatic heterocycles. The Morgan fingerprint density at radius 1 is 1.08 bits per heavy atom. The van der Waals surface area contributed by atoms with Crippen LogP contribution >= 0.6 is 11.8 Å². The van der Waals surface area contributed by atoms with Crippen LogP contribution in [0.4, 0.5) is 0 Å². The summed E-state index contributed by atoms with van der Waals surface area (Å²) < 4.78 is 24.6. The summed E-state index contributed by atoms with van der Waals surface area (Å²) in [6.45, 7) is 1.85. The van der Waals surface area contributed by atoms with Gasteiger partial charge in [-0.05, 0) is 30.7 Å². The van der Waals surface area contributed by atoms with Crippen molar-refractivity contribution >= 4 is 27.7 Å². The van der Waals surface area contributed by atoms with Crippen LogP contribution in [-0.2, 0) is 21.4 Å². The molecule has 5 nitrogen and oxygen atoms in total. The van der Waals surface area contributed by atoms with E-state index in [1.807, 2.05) is 54.6 Å². The van der Waals surface area contributed by atoms with E-state index in [-0.39, 0.29) is 5.91 Å². The van der Waals surface area contributed by atoms with Gasteiger partial charge >= 0.3 is 0 Å². The van der Waals surface area contributed by atoms with Gasteiger partial charge in [0.05, 0.1) is 12.3 Å². The first-order chi connectivity index (χ1) is 11.3. The van der Waals surface area contributed by atoms with Crippen LogP contribution in [0.25, 0.3) is 0 Å². The Labute approximate surface area is 146 Å². The van der Waals surface area contributed by atoms with Crippen LogP contribution in [0.15, 0.2) is 64.4 Å². The highest BCUT2D eigenvalue weighted by molar-refractivity contribution is 7.99. The molecular weight excluding hydrogens is 344 g/mol. The molecule has 1 atom stereocenters. The monoisotopic (exact) mass is 364 g/mol. The smallest absolute Gasteiger partial charge is 0.238 e. The maximum Gasteiger partial charge on any atom is 0.238 e. The van der Waals surface area contributed by atoms with Gasteiger partial charge in [-0.15, -0.1) is 0 Å². The molecule has 0 aliphatic rings. The van der Waals surface area contributed by atoms with Gasteiger partial charge in [-0.1, -0.05) is 48.2 Å². The quantitative estimate of drug-likeness (QED) is 0.791. The molecule has 0 radical (unpaired) electrons. The third-order valence-corrected chi connectivity index (χ3v) is 5.09. The van der Waals surface area contributed by atoms with Gasteiger partial charge in [-0.3, -0.25) is 4.79 Å². The molecule has 0 aliphatic heterocycles. The summed E-state index contributed by atoms with van der Waals surface area (Å²) in [4.78, 5) is 14.2. The second-order valence-electron chi connectivity index (χ2n) is 5.35. The van der Waals surface area contributed by atoms with Crippen LogP contribution in [0.1, 0.15) is 12.5 Å². The number of benzene rings is 2. The van der Waals surface area contributed by atoms with E-state index in [2.05, 4.69) is 10.0 Å². The number of hydrogen-bond acceptors (Lipinski definition) is 4. The summed E-state index contributed by atoms with van der Waals surface area (Å²) in [6, 6.07) is 17.0. The van der Waals surface area contributed by atoms with Gasteiger partial charge in [0.2, 0.25) is 15.9 Å². The topological polar surface area (TPSA) is 75.3 Å². The number of nitrogens with one attached hydrogen (secondary N) is 2. The molecule has 0 saturated carbocycles. The number of carbonyl (C=O) groups is 1. The lowest BCUT2D eigenvalue weighted by atomic mass is 10.2. The van der Waals surface area contributed by atoms with E-state index in [0.29, 0.717) is 6.54 Å². The largest absolute Gasteiger partial charge is 0.351 e. The Morgan fingerprint density at radius 2 is 1.71 bits per heavy atom. The highest BCUT2D eigenvalue weighted by Crippen LogP contribution is 2.30. The molecule has 0 spiro atoms.